The molecule has 0 bridgehead atoms. The van der Waals surface area contributed by atoms with Crippen molar-refractivity contribution in [1.82, 2.24) is 4.90 Å². The normalized spacial score (nSPS) is 17.1. The van der Waals surface area contributed by atoms with E-state index in [1.165, 1.54) is 11.3 Å². The number of hydrogen-bond donors (Lipinski definition) is 1. The molecule has 1 aliphatic rings. The molecule has 0 spiro atoms. The lowest BCUT2D eigenvalue weighted by atomic mass is 9.96. The van der Waals surface area contributed by atoms with Gasteiger partial charge in [-0.25, -0.2) is 0 Å². The quantitative estimate of drug-likeness (QED) is 0.877. The number of aryl methyl sites for hydroxylation is 1. The largest absolute Gasteiger partial charge is 0.481 e. The second-order valence-electron chi connectivity index (χ2n) is 4.37. The van der Waals surface area contributed by atoms with E-state index < -0.39 is 5.97 Å². The van der Waals surface area contributed by atoms with Crippen LogP contribution in [0.25, 0.3) is 0 Å². The van der Waals surface area contributed by atoms with Crippen molar-refractivity contribution in [3.05, 3.63) is 21.9 Å². The maximum atomic E-state index is 12.1. The highest BCUT2D eigenvalue weighted by Gasteiger charge is 2.28. The minimum Gasteiger partial charge on any atom is -0.481 e. The summed E-state index contributed by atoms with van der Waals surface area (Å²) in [6.07, 6.45) is 1.12. The molecule has 2 rings (SSSR count). The topological polar surface area (TPSA) is 57.6 Å². The minimum absolute atomic E-state index is 0.0348. The molecule has 17 heavy (non-hydrogen) atoms. The summed E-state index contributed by atoms with van der Waals surface area (Å²) < 4.78 is 0. The molecule has 0 unspecified atom stereocenters. The van der Waals surface area contributed by atoms with Crippen LogP contribution in [0.15, 0.2) is 10.8 Å². The number of hydrogen-bond acceptors (Lipinski definition) is 3. The highest BCUT2D eigenvalue weighted by molar-refractivity contribution is 7.08. The van der Waals surface area contributed by atoms with Gasteiger partial charge in [-0.05, 0) is 30.7 Å². The van der Waals surface area contributed by atoms with Gasteiger partial charge in [0, 0.05) is 18.5 Å². The molecular formula is C12H15NO3S. The van der Waals surface area contributed by atoms with Crippen LogP contribution >= 0.6 is 11.3 Å². The molecule has 1 aromatic heterocycles. The van der Waals surface area contributed by atoms with Crippen molar-refractivity contribution in [1.29, 1.82) is 0 Å². The predicted molar refractivity (Wildman–Crippen MR) is 65.3 cm³/mol. The summed E-state index contributed by atoms with van der Waals surface area (Å²) in [5.74, 6) is -1.00. The predicted octanol–water partition coefficient (Wildman–Crippen LogP) is 1.99. The Hall–Kier alpha value is -1.36. The minimum atomic E-state index is -0.746. The Balaban J connectivity index is 2.00. The Morgan fingerprint density at radius 3 is 2.47 bits per heavy atom. The second-order valence-corrected chi connectivity index (χ2v) is 5.12. The van der Waals surface area contributed by atoms with Crippen LogP contribution in [0.3, 0.4) is 0 Å². The van der Waals surface area contributed by atoms with E-state index in [0.29, 0.717) is 25.9 Å². The SMILES string of the molecule is Cc1cscc1C(=O)N1CCC(C(=O)O)CC1. The zero-order valence-electron chi connectivity index (χ0n) is 9.68. The van der Waals surface area contributed by atoms with E-state index in [0.717, 1.165) is 11.1 Å². The Morgan fingerprint density at radius 2 is 2.00 bits per heavy atom. The van der Waals surface area contributed by atoms with E-state index in [4.69, 9.17) is 5.11 Å². The standard InChI is InChI=1S/C12H15NO3S/c1-8-6-17-7-10(8)11(14)13-4-2-9(3-5-13)12(15)16/h6-7,9H,2-5H2,1H3,(H,15,16). The van der Waals surface area contributed by atoms with Gasteiger partial charge in [-0.2, -0.15) is 11.3 Å². The highest BCUT2D eigenvalue weighted by Crippen LogP contribution is 2.21. The molecule has 1 aromatic rings. The van der Waals surface area contributed by atoms with Crippen molar-refractivity contribution in [2.75, 3.05) is 13.1 Å². The van der Waals surface area contributed by atoms with Crippen molar-refractivity contribution in [3.8, 4) is 0 Å². The smallest absolute Gasteiger partial charge is 0.306 e. The molecule has 92 valence electrons. The van der Waals surface area contributed by atoms with E-state index in [9.17, 15) is 9.59 Å². The number of carboxylic acids is 1. The highest BCUT2D eigenvalue weighted by atomic mass is 32.1. The summed E-state index contributed by atoms with van der Waals surface area (Å²) in [5, 5.41) is 12.7. The maximum absolute atomic E-state index is 12.1. The molecule has 2 heterocycles. The number of likely N-dealkylation sites (tertiary alicyclic amines) is 1. The van der Waals surface area contributed by atoms with Crippen molar-refractivity contribution < 1.29 is 14.7 Å². The molecule has 4 nitrogen and oxygen atoms in total. The summed E-state index contributed by atoms with van der Waals surface area (Å²) in [5.41, 5.74) is 1.75. The van der Waals surface area contributed by atoms with Crippen LogP contribution in [0.5, 0.6) is 0 Å². The molecular weight excluding hydrogens is 238 g/mol. The summed E-state index contributed by atoms with van der Waals surface area (Å²) in [7, 11) is 0. The van der Waals surface area contributed by atoms with Crippen LogP contribution in [0, 0.1) is 12.8 Å². The summed E-state index contributed by atoms with van der Waals surface area (Å²) in [6, 6.07) is 0. The van der Waals surface area contributed by atoms with E-state index >= 15 is 0 Å². The second kappa shape index (κ2) is 4.87. The average molecular weight is 253 g/mol. The number of piperidine rings is 1. The van der Waals surface area contributed by atoms with E-state index in [2.05, 4.69) is 0 Å². The number of rotatable bonds is 2. The molecule has 0 aliphatic carbocycles. The number of aliphatic carboxylic acids is 1. The number of thiophene rings is 1. The van der Waals surface area contributed by atoms with E-state index in [-0.39, 0.29) is 11.8 Å². The van der Waals surface area contributed by atoms with Gasteiger partial charge in [0.15, 0.2) is 0 Å². The lowest BCUT2D eigenvalue weighted by molar-refractivity contribution is -0.143. The lowest BCUT2D eigenvalue weighted by Gasteiger charge is -2.30. The van der Waals surface area contributed by atoms with Gasteiger partial charge < -0.3 is 10.0 Å². The molecule has 1 fully saturated rings. The van der Waals surface area contributed by atoms with Gasteiger partial charge >= 0.3 is 5.97 Å². The van der Waals surface area contributed by atoms with E-state index in [1.54, 1.807) is 4.90 Å². The Bertz CT molecular complexity index is 433. The van der Waals surface area contributed by atoms with Gasteiger partial charge in [-0.1, -0.05) is 0 Å². The summed E-state index contributed by atoms with van der Waals surface area (Å²) in [6.45, 7) is 3.02. The zero-order valence-corrected chi connectivity index (χ0v) is 10.5. The molecule has 0 saturated carbocycles. The molecule has 1 aliphatic heterocycles. The first-order valence-corrected chi connectivity index (χ1v) is 6.58. The van der Waals surface area contributed by atoms with Gasteiger partial charge in [0.05, 0.1) is 11.5 Å². The monoisotopic (exact) mass is 253 g/mol. The average Bonchev–Trinajstić information content (AvgIpc) is 2.74. The van der Waals surface area contributed by atoms with Crippen LogP contribution in [-0.2, 0) is 4.79 Å². The maximum Gasteiger partial charge on any atom is 0.306 e. The van der Waals surface area contributed by atoms with Gasteiger partial charge in [0.25, 0.3) is 5.91 Å². The van der Waals surface area contributed by atoms with Crippen molar-refractivity contribution in [2.24, 2.45) is 5.92 Å². The van der Waals surface area contributed by atoms with Crippen molar-refractivity contribution in [3.63, 3.8) is 0 Å². The van der Waals surface area contributed by atoms with Crippen molar-refractivity contribution >= 4 is 23.2 Å². The lowest BCUT2D eigenvalue weighted by Crippen LogP contribution is -2.40. The van der Waals surface area contributed by atoms with Gasteiger partial charge in [-0.3, -0.25) is 9.59 Å². The van der Waals surface area contributed by atoms with Gasteiger partial charge in [-0.15, -0.1) is 0 Å². The molecule has 1 amide bonds. The van der Waals surface area contributed by atoms with Crippen LogP contribution in [0.1, 0.15) is 28.8 Å². The molecule has 5 heteroatoms. The van der Waals surface area contributed by atoms with Crippen LogP contribution in [0.4, 0.5) is 0 Å². The summed E-state index contributed by atoms with van der Waals surface area (Å²) >= 11 is 1.52. The molecule has 1 saturated heterocycles. The third kappa shape index (κ3) is 2.49. The number of carbonyl (C=O) groups excluding carboxylic acids is 1. The third-order valence-corrected chi connectivity index (χ3v) is 4.08. The molecule has 0 aromatic carbocycles. The van der Waals surface area contributed by atoms with Crippen LogP contribution in [-0.4, -0.2) is 35.0 Å². The van der Waals surface area contributed by atoms with Crippen LogP contribution in [0.2, 0.25) is 0 Å². The number of nitrogens with zero attached hydrogens (tertiary/aromatic N) is 1. The van der Waals surface area contributed by atoms with Gasteiger partial charge in [0.2, 0.25) is 0 Å². The van der Waals surface area contributed by atoms with Gasteiger partial charge in [0.1, 0.15) is 0 Å². The number of amides is 1. The first-order chi connectivity index (χ1) is 8.09. The zero-order chi connectivity index (χ0) is 12.4. The fraction of sp³-hybridized carbons (Fsp3) is 0.500. The summed E-state index contributed by atoms with van der Waals surface area (Å²) in [4.78, 5) is 24.7. The third-order valence-electron chi connectivity index (χ3n) is 3.22. The Labute approximate surface area is 104 Å². The van der Waals surface area contributed by atoms with Crippen LogP contribution < -0.4 is 0 Å². The fourth-order valence-corrected chi connectivity index (χ4v) is 2.90. The fourth-order valence-electron chi connectivity index (χ4n) is 2.08. The van der Waals surface area contributed by atoms with E-state index in [1.807, 2.05) is 17.7 Å². The molecule has 0 radical (unpaired) electrons. The molecule has 0 atom stereocenters. The first kappa shape index (κ1) is 12.1. The molecule has 1 N–H and O–H groups in total. The Kier molecular flexibility index (Phi) is 3.47. The number of carbonyl (C=O) groups is 2. The Morgan fingerprint density at radius 1 is 1.35 bits per heavy atom. The first-order valence-electron chi connectivity index (χ1n) is 5.64. The van der Waals surface area contributed by atoms with Crippen molar-refractivity contribution in [2.45, 2.75) is 19.8 Å². The number of carboxylic acid groups (broad SMARTS) is 1.